The standard InChI is InChI=1S/C17H30N4O8/c1-5-7(2)12(20-14(25)8(3)18)15(26)21-13(9(4)22)16(27)19-10(17(28)29)6-11(23)24/h7-10,12-13,22H,5-6,18H2,1-4H3,(H,19,27)(H,20,25)(H,21,26)(H,23,24)(H,28,29). The van der Waals surface area contributed by atoms with E-state index in [0.717, 1.165) is 0 Å². The van der Waals surface area contributed by atoms with E-state index in [2.05, 4.69) is 10.6 Å². The fraction of sp³-hybridized carbons (Fsp3) is 0.706. The molecule has 0 heterocycles. The summed E-state index contributed by atoms with van der Waals surface area (Å²) in [5.74, 6) is -5.82. The minimum atomic E-state index is -1.75. The molecule has 6 unspecified atom stereocenters. The van der Waals surface area contributed by atoms with E-state index >= 15 is 0 Å². The fourth-order valence-corrected chi connectivity index (χ4v) is 2.27. The Morgan fingerprint density at radius 3 is 1.72 bits per heavy atom. The number of hydrogen-bond donors (Lipinski definition) is 7. The quantitative estimate of drug-likeness (QED) is 0.183. The molecule has 29 heavy (non-hydrogen) atoms. The van der Waals surface area contributed by atoms with E-state index < -0.39 is 66.4 Å². The van der Waals surface area contributed by atoms with Crippen LogP contribution in [0.1, 0.15) is 40.5 Å². The minimum absolute atomic E-state index is 0.339. The molecule has 6 atom stereocenters. The van der Waals surface area contributed by atoms with Crippen LogP contribution in [-0.4, -0.2) is 75.3 Å². The van der Waals surface area contributed by atoms with Gasteiger partial charge in [-0.1, -0.05) is 20.3 Å². The highest BCUT2D eigenvalue weighted by molar-refractivity contribution is 5.95. The zero-order chi connectivity index (χ0) is 22.9. The van der Waals surface area contributed by atoms with E-state index in [1.54, 1.807) is 13.8 Å². The molecular weight excluding hydrogens is 388 g/mol. The summed E-state index contributed by atoms with van der Waals surface area (Å²) in [6.45, 7) is 6.10. The number of aliphatic carboxylic acids is 2. The van der Waals surface area contributed by atoms with Crippen molar-refractivity contribution in [2.75, 3.05) is 0 Å². The molecule has 0 radical (unpaired) electrons. The van der Waals surface area contributed by atoms with Gasteiger partial charge in [0.05, 0.1) is 18.6 Å². The lowest BCUT2D eigenvalue weighted by Gasteiger charge is -2.28. The molecule has 0 saturated carbocycles. The third kappa shape index (κ3) is 8.87. The van der Waals surface area contributed by atoms with Gasteiger partial charge < -0.3 is 37.0 Å². The molecule has 0 rings (SSSR count). The van der Waals surface area contributed by atoms with Crippen LogP contribution in [0.3, 0.4) is 0 Å². The molecule has 0 bridgehead atoms. The number of nitrogens with one attached hydrogen (secondary N) is 3. The maximum atomic E-state index is 12.7. The van der Waals surface area contributed by atoms with Gasteiger partial charge in [0.25, 0.3) is 0 Å². The highest BCUT2D eigenvalue weighted by Crippen LogP contribution is 2.09. The molecule has 0 aliphatic carbocycles. The van der Waals surface area contributed by atoms with Crippen molar-refractivity contribution >= 4 is 29.7 Å². The summed E-state index contributed by atoms with van der Waals surface area (Å²) in [4.78, 5) is 58.8. The van der Waals surface area contributed by atoms with E-state index in [1.165, 1.54) is 13.8 Å². The molecule has 0 aromatic heterocycles. The normalized spacial score (nSPS) is 17.0. The zero-order valence-electron chi connectivity index (χ0n) is 16.8. The van der Waals surface area contributed by atoms with Gasteiger partial charge in [-0.3, -0.25) is 19.2 Å². The van der Waals surface area contributed by atoms with Gasteiger partial charge in [-0.25, -0.2) is 4.79 Å². The van der Waals surface area contributed by atoms with Crippen molar-refractivity contribution in [3.8, 4) is 0 Å². The number of carbonyl (C=O) groups excluding carboxylic acids is 3. The summed E-state index contributed by atoms with van der Waals surface area (Å²) >= 11 is 0. The Hall–Kier alpha value is -2.73. The Labute approximate surface area is 168 Å². The van der Waals surface area contributed by atoms with Gasteiger partial charge in [0.2, 0.25) is 17.7 Å². The summed E-state index contributed by atoms with van der Waals surface area (Å²) in [6, 6.07) is -5.25. The number of aliphatic hydroxyl groups is 1. The second-order valence-corrected chi connectivity index (χ2v) is 6.88. The molecule has 3 amide bonds. The van der Waals surface area contributed by atoms with Crippen LogP contribution in [-0.2, 0) is 24.0 Å². The van der Waals surface area contributed by atoms with E-state index in [4.69, 9.17) is 15.9 Å². The fourth-order valence-electron chi connectivity index (χ4n) is 2.27. The molecule has 0 aromatic carbocycles. The molecule has 0 aliphatic rings. The molecule has 0 saturated heterocycles. The number of nitrogens with two attached hydrogens (primary N) is 1. The maximum absolute atomic E-state index is 12.7. The van der Waals surface area contributed by atoms with Crippen molar-refractivity contribution in [3.63, 3.8) is 0 Å². The first-order valence-electron chi connectivity index (χ1n) is 9.11. The molecule has 12 nitrogen and oxygen atoms in total. The largest absolute Gasteiger partial charge is 0.481 e. The van der Waals surface area contributed by atoms with Gasteiger partial charge in [-0.15, -0.1) is 0 Å². The Bertz CT molecular complexity index is 623. The Kier molecular flexibility index (Phi) is 10.8. The molecule has 12 heteroatoms. The number of aliphatic hydroxyl groups excluding tert-OH is 1. The minimum Gasteiger partial charge on any atom is -0.481 e. The molecule has 8 N–H and O–H groups in total. The average Bonchev–Trinajstić information content (AvgIpc) is 2.61. The van der Waals surface area contributed by atoms with Crippen molar-refractivity contribution in [2.24, 2.45) is 11.7 Å². The third-order valence-electron chi connectivity index (χ3n) is 4.26. The number of carboxylic acid groups (broad SMARTS) is 2. The van der Waals surface area contributed by atoms with Crippen LogP contribution in [0.15, 0.2) is 0 Å². The number of carboxylic acids is 2. The van der Waals surface area contributed by atoms with Crippen molar-refractivity contribution in [1.29, 1.82) is 0 Å². The zero-order valence-corrected chi connectivity index (χ0v) is 16.8. The van der Waals surface area contributed by atoms with Crippen LogP contribution in [0.2, 0.25) is 0 Å². The van der Waals surface area contributed by atoms with E-state index in [-0.39, 0.29) is 5.92 Å². The lowest BCUT2D eigenvalue weighted by molar-refractivity contribution is -0.148. The van der Waals surface area contributed by atoms with Crippen LogP contribution in [0.25, 0.3) is 0 Å². The second-order valence-electron chi connectivity index (χ2n) is 6.88. The van der Waals surface area contributed by atoms with Gasteiger partial charge in [0, 0.05) is 0 Å². The summed E-state index contributed by atoms with van der Waals surface area (Å²) in [5.41, 5.74) is 5.50. The summed E-state index contributed by atoms with van der Waals surface area (Å²) < 4.78 is 0. The van der Waals surface area contributed by atoms with Crippen LogP contribution < -0.4 is 21.7 Å². The first-order chi connectivity index (χ1) is 13.3. The summed E-state index contributed by atoms with van der Waals surface area (Å²) in [6.07, 6.45) is -1.82. The summed E-state index contributed by atoms with van der Waals surface area (Å²) in [7, 11) is 0. The van der Waals surface area contributed by atoms with Crippen LogP contribution in [0.5, 0.6) is 0 Å². The molecule has 0 aliphatic heterocycles. The topological polar surface area (TPSA) is 208 Å². The van der Waals surface area contributed by atoms with Gasteiger partial charge in [-0.05, 0) is 19.8 Å². The van der Waals surface area contributed by atoms with E-state index in [1.807, 2.05) is 5.32 Å². The average molecular weight is 418 g/mol. The predicted molar refractivity (Wildman–Crippen MR) is 100 cm³/mol. The smallest absolute Gasteiger partial charge is 0.326 e. The second kappa shape index (κ2) is 12.0. The third-order valence-corrected chi connectivity index (χ3v) is 4.26. The van der Waals surface area contributed by atoms with Gasteiger partial charge in [-0.2, -0.15) is 0 Å². The lowest BCUT2D eigenvalue weighted by Crippen LogP contribution is -2.61. The Balaban J connectivity index is 5.43. The van der Waals surface area contributed by atoms with E-state index in [9.17, 15) is 29.1 Å². The SMILES string of the molecule is CCC(C)C(NC(=O)C(C)N)C(=O)NC(C(=O)NC(CC(=O)O)C(=O)O)C(C)O. The van der Waals surface area contributed by atoms with Gasteiger partial charge in [0.1, 0.15) is 18.1 Å². The van der Waals surface area contributed by atoms with Crippen molar-refractivity contribution in [3.05, 3.63) is 0 Å². The monoisotopic (exact) mass is 418 g/mol. The number of rotatable bonds is 12. The summed E-state index contributed by atoms with van der Waals surface area (Å²) in [5, 5.41) is 34.4. The van der Waals surface area contributed by atoms with Gasteiger partial charge >= 0.3 is 11.9 Å². The van der Waals surface area contributed by atoms with Crippen molar-refractivity contribution in [1.82, 2.24) is 16.0 Å². The van der Waals surface area contributed by atoms with E-state index in [0.29, 0.717) is 6.42 Å². The number of amides is 3. The highest BCUT2D eigenvalue weighted by atomic mass is 16.4. The Morgan fingerprint density at radius 2 is 1.34 bits per heavy atom. The molecule has 0 spiro atoms. The number of hydrogen-bond acceptors (Lipinski definition) is 7. The maximum Gasteiger partial charge on any atom is 0.326 e. The predicted octanol–water partition coefficient (Wildman–Crippen LogP) is -2.23. The van der Waals surface area contributed by atoms with Crippen LogP contribution >= 0.6 is 0 Å². The van der Waals surface area contributed by atoms with Crippen molar-refractivity contribution < 1.29 is 39.3 Å². The molecular formula is C17H30N4O8. The lowest BCUT2D eigenvalue weighted by atomic mass is 9.97. The van der Waals surface area contributed by atoms with Crippen LogP contribution in [0.4, 0.5) is 0 Å². The molecule has 0 fully saturated rings. The Morgan fingerprint density at radius 1 is 0.862 bits per heavy atom. The highest BCUT2D eigenvalue weighted by Gasteiger charge is 2.34. The first-order valence-corrected chi connectivity index (χ1v) is 9.11. The molecule has 0 aromatic rings. The molecule has 166 valence electrons. The van der Waals surface area contributed by atoms with Crippen LogP contribution in [0, 0.1) is 5.92 Å². The van der Waals surface area contributed by atoms with Gasteiger partial charge in [0.15, 0.2) is 0 Å². The first kappa shape index (κ1) is 26.3. The number of carbonyl (C=O) groups is 5. The van der Waals surface area contributed by atoms with Crippen molar-refractivity contribution in [2.45, 2.75) is 70.8 Å².